The molecule has 0 radical (unpaired) electrons. The molecule has 1 heterocycles. The lowest BCUT2D eigenvalue weighted by Crippen LogP contribution is -2.15. The molecule has 2 aliphatic carbocycles. The number of aromatic nitrogens is 1. The first kappa shape index (κ1) is 35.8. The van der Waals surface area contributed by atoms with Crippen molar-refractivity contribution in [2.75, 3.05) is 0 Å². The summed E-state index contributed by atoms with van der Waals surface area (Å²) < 4.78 is 0. The molecule has 0 N–H and O–H groups in total. The third kappa shape index (κ3) is 5.17. The summed E-state index contributed by atoms with van der Waals surface area (Å²) in [6.07, 6.45) is 1.89. The van der Waals surface area contributed by atoms with E-state index in [1.54, 1.807) is 0 Å². The van der Waals surface area contributed by atoms with Crippen molar-refractivity contribution in [1.82, 2.24) is 4.98 Å². The summed E-state index contributed by atoms with van der Waals surface area (Å²) in [6, 6.07) is 66.1. The maximum Gasteiger partial charge on any atom is 0.0780 e. The number of hydrogen-bond donors (Lipinski definition) is 0. The van der Waals surface area contributed by atoms with E-state index in [9.17, 15) is 0 Å². The van der Waals surface area contributed by atoms with Crippen LogP contribution in [0.15, 0.2) is 182 Å². The number of nitrogens with zero attached hydrogens (tertiary/aromatic N) is 1. The van der Waals surface area contributed by atoms with E-state index in [0.717, 1.165) is 22.0 Å². The van der Waals surface area contributed by atoms with Gasteiger partial charge in [-0.15, -0.1) is 0 Å². The van der Waals surface area contributed by atoms with Gasteiger partial charge in [-0.25, -0.2) is 0 Å². The lowest BCUT2D eigenvalue weighted by Gasteiger charge is -2.24. The standard InChI is InChI=1S/C60H45N/c1-36-49(40-27-29-46-44-17-8-10-21-53(44)59(2,3)55(46)32-40)34-50(38-25-23-37(24-26-38)42-20-12-14-39-15-13-31-61-58(39)42)52-35-51(43-16-6-7-19-48(43)57(36)52)41-28-30-47-45-18-9-11-22-54(45)60(4,5)56(47)33-41/h6-35H,1-5H3. The topological polar surface area (TPSA) is 12.9 Å². The molecular formula is C60H45N. The zero-order chi connectivity index (χ0) is 41.2. The van der Waals surface area contributed by atoms with Crippen molar-refractivity contribution in [3.8, 4) is 66.8 Å². The average molecular weight is 780 g/mol. The lowest BCUT2D eigenvalue weighted by atomic mass is 9.80. The minimum atomic E-state index is -0.0881. The van der Waals surface area contributed by atoms with Crippen LogP contribution in [0.25, 0.3) is 99.2 Å². The van der Waals surface area contributed by atoms with Gasteiger partial charge in [-0.1, -0.05) is 173 Å². The molecule has 0 fully saturated rings. The molecule has 2 aliphatic rings. The summed E-state index contributed by atoms with van der Waals surface area (Å²) in [5, 5.41) is 6.29. The average Bonchev–Trinajstić information content (AvgIpc) is 3.67. The second-order valence-corrected chi connectivity index (χ2v) is 18.3. The van der Waals surface area contributed by atoms with E-state index >= 15 is 0 Å². The molecule has 1 heteroatoms. The Kier molecular flexibility index (Phi) is 7.61. The highest BCUT2D eigenvalue weighted by molar-refractivity contribution is 6.20. The van der Waals surface area contributed by atoms with E-state index in [4.69, 9.17) is 4.98 Å². The van der Waals surface area contributed by atoms with Gasteiger partial charge in [-0.05, 0) is 148 Å². The van der Waals surface area contributed by atoms with Gasteiger partial charge in [0.05, 0.1) is 5.52 Å². The first-order chi connectivity index (χ1) is 29.7. The first-order valence-electron chi connectivity index (χ1n) is 21.6. The van der Waals surface area contributed by atoms with Crippen molar-refractivity contribution in [3.05, 3.63) is 210 Å². The van der Waals surface area contributed by atoms with Crippen LogP contribution in [0.1, 0.15) is 55.5 Å². The quantitative estimate of drug-likeness (QED) is 0.162. The Hall–Kier alpha value is -7.09. The van der Waals surface area contributed by atoms with Crippen molar-refractivity contribution in [3.63, 3.8) is 0 Å². The smallest absolute Gasteiger partial charge is 0.0780 e. The second-order valence-electron chi connectivity index (χ2n) is 18.3. The van der Waals surface area contributed by atoms with E-state index in [1.807, 2.05) is 12.3 Å². The zero-order valence-corrected chi connectivity index (χ0v) is 35.3. The summed E-state index contributed by atoms with van der Waals surface area (Å²) in [6.45, 7) is 11.8. The maximum atomic E-state index is 4.79. The van der Waals surface area contributed by atoms with Crippen LogP contribution in [-0.2, 0) is 10.8 Å². The molecule has 0 aliphatic heterocycles. The highest BCUT2D eigenvalue weighted by Gasteiger charge is 2.37. The molecule has 12 rings (SSSR count). The van der Waals surface area contributed by atoms with Gasteiger partial charge >= 0.3 is 0 Å². The van der Waals surface area contributed by atoms with Crippen LogP contribution in [0.5, 0.6) is 0 Å². The Bertz CT molecular complexity index is 3470. The predicted octanol–water partition coefficient (Wildman–Crippen LogP) is 16.1. The fourth-order valence-corrected chi connectivity index (χ4v) is 11.1. The predicted molar refractivity (Wildman–Crippen MR) is 258 cm³/mol. The molecule has 290 valence electrons. The molecule has 0 unspecified atom stereocenters. The van der Waals surface area contributed by atoms with Crippen LogP contribution >= 0.6 is 0 Å². The van der Waals surface area contributed by atoms with E-state index in [0.29, 0.717) is 0 Å². The van der Waals surface area contributed by atoms with Crippen LogP contribution in [0.3, 0.4) is 0 Å². The lowest BCUT2D eigenvalue weighted by molar-refractivity contribution is 0.660. The van der Waals surface area contributed by atoms with Crippen LogP contribution in [0.4, 0.5) is 0 Å². The number of para-hydroxylation sites is 1. The molecule has 0 bridgehead atoms. The van der Waals surface area contributed by atoms with Crippen molar-refractivity contribution in [2.24, 2.45) is 0 Å². The van der Waals surface area contributed by atoms with E-state index in [2.05, 4.69) is 204 Å². The SMILES string of the molecule is Cc1c(-c2ccc3c(c2)C(C)(C)c2ccccc2-3)cc(-c2ccc(-c3cccc4cccnc34)cc2)c2cc(-c3ccc4c(c3)C(C)(C)c3ccccc3-4)c3ccccc3c12. The number of aryl methyl sites for hydroxylation is 1. The Balaban J connectivity index is 1.10. The molecule has 0 spiro atoms. The first-order valence-corrected chi connectivity index (χ1v) is 21.6. The molecule has 0 saturated carbocycles. The molecule has 0 atom stereocenters. The normalized spacial score (nSPS) is 14.2. The number of benzene rings is 9. The van der Waals surface area contributed by atoms with Gasteiger partial charge in [0.2, 0.25) is 0 Å². The largest absolute Gasteiger partial charge is 0.256 e. The van der Waals surface area contributed by atoms with Crippen LogP contribution in [0.2, 0.25) is 0 Å². The molecule has 9 aromatic carbocycles. The Morgan fingerprint density at radius 1 is 0.344 bits per heavy atom. The Morgan fingerprint density at radius 2 is 0.836 bits per heavy atom. The fraction of sp³-hybridized carbons (Fsp3) is 0.117. The van der Waals surface area contributed by atoms with Gasteiger partial charge in [0.25, 0.3) is 0 Å². The molecule has 1 nitrogen and oxygen atoms in total. The van der Waals surface area contributed by atoms with Crippen molar-refractivity contribution < 1.29 is 0 Å². The van der Waals surface area contributed by atoms with Crippen molar-refractivity contribution in [2.45, 2.75) is 45.4 Å². The minimum absolute atomic E-state index is 0.0849. The molecule has 0 saturated heterocycles. The zero-order valence-electron chi connectivity index (χ0n) is 35.3. The highest BCUT2D eigenvalue weighted by Crippen LogP contribution is 2.53. The van der Waals surface area contributed by atoms with Crippen LogP contribution in [-0.4, -0.2) is 4.98 Å². The van der Waals surface area contributed by atoms with Gasteiger partial charge < -0.3 is 0 Å². The third-order valence-corrected chi connectivity index (χ3v) is 14.3. The summed E-state index contributed by atoms with van der Waals surface area (Å²) in [4.78, 5) is 4.79. The van der Waals surface area contributed by atoms with Crippen LogP contribution in [0, 0.1) is 6.92 Å². The molecule has 1 aromatic heterocycles. The van der Waals surface area contributed by atoms with Crippen molar-refractivity contribution in [1.29, 1.82) is 0 Å². The summed E-state index contributed by atoms with van der Waals surface area (Å²) in [5.41, 5.74) is 22.9. The van der Waals surface area contributed by atoms with E-state index in [1.165, 1.54) is 105 Å². The number of pyridine rings is 1. The monoisotopic (exact) mass is 779 g/mol. The Labute approximate surface area is 358 Å². The number of fused-ring (bicyclic) bond motifs is 10. The van der Waals surface area contributed by atoms with Gasteiger partial charge in [0.1, 0.15) is 0 Å². The molecule has 10 aromatic rings. The third-order valence-electron chi connectivity index (χ3n) is 14.3. The summed E-state index contributed by atoms with van der Waals surface area (Å²) in [5.74, 6) is 0. The van der Waals surface area contributed by atoms with Crippen LogP contribution < -0.4 is 0 Å². The molecule has 0 amide bonds. The fourth-order valence-electron chi connectivity index (χ4n) is 11.1. The number of hydrogen-bond acceptors (Lipinski definition) is 1. The molecule has 61 heavy (non-hydrogen) atoms. The van der Waals surface area contributed by atoms with Gasteiger partial charge in [0.15, 0.2) is 0 Å². The summed E-state index contributed by atoms with van der Waals surface area (Å²) >= 11 is 0. The summed E-state index contributed by atoms with van der Waals surface area (Å²) in [7, 11) is 0. The van der Waals surface area contributed by atoms with Crippen molar-refractivity contribution >= 4 is 32.4 Å². The minimum Gasteiger partial charge on any atom is -0.256 e. The Morgan fingerprint density at radius 3 is 1.49 bits per heavy atom. The van der Waals surface area contributed by atoms with Gasteiger partial charge in [-0.3, -0.25) is 4.98 Å². The highest BCUT2D eigenvalue weighted by atomic mass is 14.6. The number of rotatable bonds is 4. The second kappa shape index (κ2) is 13.0. The van der Waals surface area contributed by atoms with E-state index in [-0.39, 0.29) is 10.8 Å². The maximum absolute atomic E-state index is 4.79. The van der Waals surface area contributed by atoms with E-state index < -0.39 is 0 Å². The molecular weight excluding hydrogens is 735 g/mol. The van der Waals surface area contributed by atoms with Gasteiger partial charge in [-0.2, -0.15) is 0 Å². The van der Waals surface area contributed by atoms with Gasteiger partial charge in [0, 0.05) is 28.0 Å².